The van der Waals surface area contributed by atoms with Crippen LogP contribution in [-0.4, -0.2) is 35.0 Å². The highest BCUT2D eigenvalue weighted by molar-refractivity contribution is 6.47. The Labute approximate surface area is 141 Å². The van der Waals surface area contributed by atoms with Crippen molar-refractivity contribution in [1.82, 2.24) is 0 Å². The topological polar surface area (TPSA) is 111 Å². The lowest BCUT2D eigenvalue weighted by atomic mass is 9.51. The van der Waals surface area contributed by atoms with Gasteiger partial charge in [-0.15, -0.1) is 0 Å². The summed E-state index contributed by atoms with van der Waals surface area (Å²) in [6.45, 7) is 0. The molecule has 2 aromatic carbocycles. The van der Waals surface area contributed by atoms with Crippen molar-refractivity contribution in [2.75, 3.05) is 0 Å². The van der Waals surface area contributed by atoms with Gasteiger partial charge in [0.05, 0.1) is 0 Å². The number of fused-ring (bicyclic) bond motifs is 3. The molecule has 2 aliphatic carbocycles. The molecule has 6 nitrogen and oxygen atoms in total. The largest absolute Gasteiger partial charge is 0.311 e. The number of hydrogen-bond acceptors (Lipinski definition) is 6. The zero-order valence-electron chi connectivity index (χ0n) is 12.8. The second-order valence-corrected chi connectivity index (χ2v) is 6.14. The van der Waals surface area contributed by atoms with Crippen LogP contribution in [0.25, 0.3) is 0 Å². The van der Waals surface area contributed by atoms with Crippen molar-refractivity contribution < 1.29 is 24.0 Å². The second-order valence-electron chi connectivity index (χ2n) is 6.14. The molecule has 0 unspecified atom stereocenters. The van der Waals surface area contributed by atoms with Gasteiger partial charge in [0.2, 0.25) is 0 Å². The molecule has 0 atom stereocenters. The second kappa shape index (κ2) is 4.64. The maximum Gasteiger partial charge on any atom is 0.193 e. The number of rotatable bonds is 1. The highest BCUT2D eigenvalue weighted by Crippen LogP contribution is 2.47. The van der Waals surface area contributed by atoms with Crippen LogP contribution in [0.1, 0.15) is 41.4 Å². The lowest BCUT2D eigenvalue weighted by Crippen LogP contribution is -2.76. The molecule has 2 aromatic rings. The van der Waals surface area contributed by atoms with Gasteiger partial charge in [-0.05, 0) is 0 Å². The zero-order chi connectivity index (χ0) is 18.0. The van der Waals surface area contributed by atoms with Crippen molar-refractivity contribution >= 4 is 29.4 Å². The minimum Gasteiger partial charge on any atom is -0.311 e. The molecule has 4 rings (SSSR count). The number of carbonyl (C=O) groups is 5. The van der Waals surface area contributed by atoms with E-state index in [-0.39, 0.29) is 28.5 Å². The highest BCUT2D eigenvalue weighted by atomic mass is 16.2. The van der Waals surface area contributed by atoms with E-state index in [4.69, 9.17) is 5.73 Å². The smallest absolute Gasteiger partial charge is 0.193 e. The number of benzene rings is 2. The minimum atomic E-state index is -2.58. The quantitative estimate of drug-likeness (QED) is 0.616. The van der Waals surface area contributed by atoms with Gasteiger partial charge in [-0.25, -0.2) is 0 Å². The van der Waals surface area contributed by atoms with Crippen LogP contribution < -0.4 is 5.73 Å². The summed E-state index contributed by atoms with van der Waals surface area (Å²) >= 11 is 0. The van der Waals surface area contributed by atoms with Gasteiger partial charge in [-0.1, -0.05) is 48.5 Å². The van der Waals surface area contributed by atoms with Crippen LogP contribution >= 0.6 is 0 Å². The fraction of sp³-hybridized carbons (Fsp3) is 0.105. The first-order valence-corrected chi connectivity index (χ1v) is 7.53. The third-order valence-electron chi connectivity index (χ3n) is 5.06. The van der Waals surface area contributed by atoms with Crippen molar-refractivity contribution in [3.05, 3.63) is 70.8 Å². The summed E-state index contributed by atoms with van der Waals surface area (Å²) in [5, 5.41) is 0. The molecular weight excluding hydrogens is 322 g/mol. The molecule has 0 radical (unpaired) electrons. The van der Waals surface area contributed by atoms with Crippen LogP contribution in [-0.2, 0) is 4.79 Å². The maximum atomic E-state index is 13.1. The number of nitrogens with two attached hydrogens (primary N) is 1. The molecule has 6 heteroatoms. The summed E-state index contributed by atoms with van der Waals surface area (Å²) in [4.78, 5) is 64.3. The Bertz CT molecular complexity index is 948. The van der Waals surface area contributed by atoms with Crippen molar-refractivity contribution in [1.29, 1.82) is 0 Å². The summed E-state index contributed by atoms with van der Waals surface area (Å²) in [6.07, 6.45) is 0.0549. The predicted molar refractivity (Wildman–Crippen MR) is 85.6 cm³/mol. The Balaban J connectivity index is 2.17. The monoisotopic (exact) mass is 333 g/mol. The Morgan fingerprint density at radius 1 is 0.640 bits per heavy atom. The van der Waals surface area contributed by atoms with E-state index < -0.39 is 34.1 Å². The van der Waals surface area contributed by atoms with E-state index in [0.717, 1.165) is 0 Å². The Kier molecular flexibility index (Phi) is 2.84. The lowest BCUT2D eigenvalue weighted by molar-refractivity contribution is -0.114. The Hall–Kier alpha value is -3.25. The number of hydrogen-bond donors (Lipinski definition) is 1. The number of carbonyl (C=O) groups excluding carboxylic acids is 5. The van der Waals surface area contributed by atoms with E-state index in [1.807, 2.05) is 0 Å². The molecule has 2 N–H and O–H groups in total. The molecule has 0 spiro atoms. The third kappa shape index (κ3) is 1.46. The molecule has 0 fully saturated rings. The Morgan fingerprint density at radius 3 is 1.28 bits per heavy atom. The molecule has 0 bridgehead atoms. The minimum absolute atomic E-state index is 0.0549. The molecule has 122 valence electrons. The first-order valence-electron chi connectivity index (χ1n) is 7.53. The van der Waals surface area contributed by atoms with Crippen molar-refractivity contribution in [2.45, 2.75) is 5.54 Å². The zero-order valence-corrected chi connectivity index (χ0v) is 12.8. The van der Waals surface area contributed by atoms with Crippen molar-refractivity contribution in [3.8, 4) is 0 Å². The molecule has 0 saturated carbocycles. The van der Waals surface area contributed by atoms with Gasteiger partial charge in [-0.3, -0.25) is 19.2 Å². The molecule has 0 aliphatic heterocycles. The molecule has 0 saturated heterocycles. The summed E-state index contributed by atoms with van der Waals surface area (Å²) < 4.78 is 0. The van der Waals surface area contributed by atoms with Gasteiger partial charge < -0.3 is 10.5 Å². The van der Waals surface area contributed by atoms with Crippen molar-refractivity contribution in [3.63, 3.8) is 0 Å². The number of Topliss-reactive ketones (excluding diaryl/α,β-unsaturated/α-hetero) is 4. The van der Waals surface area contributed by atoms with Gasteiger partial charge in [0.15, 0.2) is 34.1 Å². The van der Waals surface area contributed by atoms with Gasteiger partial charge in [-0.2, -0.15) is 0 Å². The first-order chi connectivity index (χ1) is 11.9. The molecule has 0 aromatic heterocycles. The van der Waals surface area contributed by atoms with E-state index in [2.05, 4.69) is 0 Å². The summed E-state index contributed by atoms with van der Waals surface area (Å²) in [6, 6.07) is 11.5. The molecule has 25 heavy (non-hydrogen) atoms. The van der Waals surface area contributed by atoms with Crippen LogP contribution in [0.4, 0.5) is 0 Å². The van der Waals surface area contributed by atoms with Crippen molar-refractivity contribution in [2.24, 2.45) is 11.1 Å². The summed E-state index contributed by atoms with van der Waals surface area (Å²) in [5.41, 5.74) is 0.690. The summed E-state index contributed by atoms with van der Waals surface area (Å²) in [7, 11) is 0. The maximum absolute atomic E-state index is 13.1. The van der Waals surface area contributed by atoms with Crippen LogP contribution in [0.3, 0.4) is 0 Å². The first kappa shape index (κ1) is 15.3. The fourth-order valence-corrected chi connectivity index (χ4v) is 3.73. The fourth-order valence-electron chi connectivity index (χ4n) is 3.73. The molecular formula is C19H11NO5. The van der Waals surface area contributed by atoms with Gasteiger partial charge in [0, 0.05) is 22.3 Å². The van der Waals surface area contributed by atoms with Gasteiger partial charge in [0.25, 0.3) is 0 Å². The Morgan fingerprint density at radius 2 is 0.960 bits per heavy atom. The van der Waals surface area contributed by atoms with E-state index in [1.165, 1.54) is 48.5 Å². The molecule has 0 amide bonds. The third-order valence-corrected chi connectivity index (χ3v) is 5.06. The van der Waals surface area contributed by atoms with Crippen LogP contribution in [0.5, 0.6) is 0 Å². The van der Waals surface area contributed by atoms with Gasteiger partial charge >= 0.3 is 0 Å². The lowest BCUT2D eigenvalue weighted by Gasteiger charge is -2.46. The van der Waals surface area contributed by atoms with E-state index in [1.54, 1.807) is 0 Å². The molecule has 2 aliphatic rings. The predicted octanol–water partition coefficient (Wildman–Crippen LogP) is 1.03. The average Bonchev–Trinajstić information content (AvgIpc) is 2.65. The van der Waals surface area contributed by atoms with Gasteiger partial charge in [0.1, 0.15) is 6.29 Å². The van der Waals surface area contributed by atoms with Crippen LogP contribution in [0.2, 0.25) is 0 Å². The van der Waals surface area contributed by atoms with Crippen LogP contribution in [0, 0.1) is 5.41 Å². The number of ketones is 4. The molecule has 0 heterocycles. The SMILES string of the molecule is NC12C(=O)c3ccccc3C(=O)C1(C=O)C(=O)c1ccccc1C2=O. The van der Waals surface area contributed by atoms with E-state index in [9.17, 15) is 24.0 Å². The van der Waals surface area contributed by atoms with E-state index >= 15 is 0 Å². The standard InChI is InChI=1S/C19H11NO5/c20-19-16(24)12-7-3-1-5-10(12)14(22)18(19,9-21)15(23)11-6-2-4-8-13(11)17(19)25/h1-9H,20H2. The van der Waals surface area contributed by atoms with E-state index in [0.29, 0.717) is 0 Å². The number of aldehydes is 1. The summed E-state index contributed by atoms with van der Waals surface area (Å²) in [5.74, 6) is -3.65. The highest BCUT2D eigenvalue weighted by Gasteiger charge is 2.72. The normalized spacial score (nSPS) is 27.4. The van der Waals surface area contributed by atoms with Crippen LogP contribution in [0.15, 0.2) is 48.5 Å². The average molecular weight is 333 g/mol.